The third-order valence-corrected chi connectivity index (χ3v) is 3.62. The van der Waals surface area contributed by atoms with Gasteiger partial charge in [-0.15, -0.1) is 13.2 Å². The molecule has 0 fully saturated rings. The van der Waals surface area contributed by atoms with E-state index in [2.05, 4.69) is 20.2 Å². The summed E-state index contributed by atoms with van der Waals surface area (Å²) in [6.07, 6.45) is -3.74. The van der Waals surface area contributed by atoms with Crippen LogP contribution in [-0.2, 0) is 9.59 Å². The Kier molecular flexibility index (Phi) is 4.78. The topological polar surface area (TPSA) is 135 Å². The maximum atomic E-state index is 12.3. The van der Waals surface area contributed by atoms with E-state index in [1.807, 2.05) is 0 Å². The number of benzene rings is 1. The number of aliphatic carboxylic acids is 1. The molecular formula is C16H10F3N3O6. The zero-order valence-corrected chi connectivity index (χ0v) is 13.6. The summed E-state index contributed by atoms with van der Waals surface area (Å²) in [4.78, 5) is 25.8. The lowest BCUT2D eigenvalue weighted by atomic mass is 10.1. The largest absolute Gasteiger partial charge is 0.573 e. The summed E-state index contributed by atoms with van der Waals surface area (Å²) in [6, 6.07) is 3.00. The zero-order valence-electron chi connectivity index (χ0n) is 13.6. The van der Waals surface area contributed by atoms with Crippen molar-refractivity contribution in [2.45, 2.75) is 12.4 Å². The average molecular weight is 397 g/mol. The summed E-state index contributed by atoms with van der Waals surface area (Å²) >= 11 is 0. The first kappa shape index (κ1) is 18.9. The maximum absolute atomic E-state index is 12.3. The molecule has 12 heteroatoms. The Morgan fingerprint density at radius 3 is 2.54 bits per heavy atom. The van der Waals surface area contributed by atoms with E-state index in [0.29, 0.717) is 0 Å². The number of rotatable bonds is 6. The molecule has 1 atom stereocenters. The van der Waals surface area contributed by atoms with E-state index < -0.39 is 29.9 Å². The van der Waals surface area contributed by atoms with E-state index in [4.69, 9.17) is 4.52 Å². The fourth-order valence-corrected chi connectivity index (χ4v) is 2.51. The minimum absolute atomic E-state index is 0.0200. The van der Waals surface area contributed by atoms with Crippen LogP contribution in [0.2, 0.25) is 0 Å². The van der Waals surface area contributed by atoms with Gasteiger partial charge in [-0.2, -0.15) is 0 Å². The van der Waals surface area contributed by atoms with Crippen molar-refractivity contribution in [1.82, 2.24) is 15.5 Å². The van der Waals surface area contributed by atoms with Crippen molar-refractivity contribution in [3.05, 3.63) is 36.2 Å². The van der Waals surface area contributed by atoms with Crippen molar-refractivity contribution < 1.29 is 42.2 Å². The average Bonchev–Trinajstić information content (AvgIpc) is 3.06. The molecule has 0 unspecified atom stereocenters. The van der Waals surface area contributed by atoms with E-state index >= 15 is 0 Å². The highest BCUT2D eigenvalue weighted by atomic mass is 19.4. The Balaban J connectivity index is 2.07. The molecule has 1 aromatic carbocycles. The molecule has 9 nitrogen and oxygen atoms in total. The van der Waals surface area contributed by atoms with Gasteiger partial charge in [-0.1, -0.05) is 5.16 Å². The summed E-state index contributed by atoms with van der Waals surface area (Å²) in [6.45, 7) is 0. The Hall–Kier alpha value is -3.83. The summed E-state index contributed by atoms with van der Waals surface area (Å²) in [7, 11) is 0. The number of amides is 1. The monoisotopic (exact) mass is 397 g/mol. The number of hydrogen-bond donors (Lipinski definition) is 3. The Morgan fingerprint density at radius 1 is 1.29 bits per heavy atom. The van der Waals surface area contributed by atoms with Gasteiger partial charge < -0.3 is 24.8 Å². The van der Waals surface area contributed by atoms with E-state index in [1.54, 1.807) is 0 Å². The number of halogens is 3. The van der Waals surface area contributed by atoms with E-state index in [0.717, 1.165) is 18.3 Å². The minimum Gasteiger partial charge on any atom is -0.505 e. The maximum Gasteiger partial charge on any atom is 0.573 e. The number of alkyl halides is 3. The molecule has 0 aliphatic carbocycles. The second kappa shape index (κ2) is 7.06. The molecule has 3 N–H and O–H groups in total. The van der Waals surface area contributed by atoms with Crippen LogP contribution in [-0.4, -0.2) is 39.1 Å². The molecular weight excluding hydrogens is 387 g/mol. The van der Waals surface area contributed by atoms with Crippen LogP contribution in [0.5, 0.6) is 11.5 Å². The predicted molar refractivity (Wildman–Crippen MR) is 85.2 cm³/mol. The van der Waals surface area contributed by atoms with Gasteiger partial charge in [0.1, 0.15) is 22.9 Å². The van der Waals surface area contributed by atoms with Crippen LogP contribution in [0.4, 0.5) is 13.2 Å². The second-order valence-electron chi connectivity index (χ2n) is 5.39. The summed E-state index contributed by atoms with van der Waals surface area (Å²) in [5, 5.41) is 25.1. The van der Waals surface area contributed by atoms with Gasteiger partial charge in [-0.05, 0) is 24.3 Å². The Labute approximate surface area is 153 Å². The van der Waals surface area contributed by atoms with Crippen LogP contribution in [0.3, 0.4) is 0 Å². The molecule has 0 saturated carbocycles. The van der Waals surface area contributed by atoms with Gasteiger partial charge in [0.15, 0.2) is 11.6 Å². The van der Waals surface area contributed by atoms with Crippen molar-refractivity contribution >= 4 is 23.3 Å². The van der Waals surface area contributed by atoms with Crippen LogP contribution in [0.25, 0.3) is 22.2 Å². The SMILES string of the molecule is O=CN[C@H](C(=O)O)c1ncc(O)c2c(-c3ccc(OC(F)(F)F)cc3)noc12. The fraction of sp³-hybridized carbons (Fsp3) is 0.125. The Bertz CT molecular complexity index is 1030. The zero-order chi connectivity index (χ0) is 20.5. The van der Waals surface area contributed by atoms with Crippen molar-refractivity contribution in [3.63, 3.8) is 0 Å². The van der Waals surface area contributed by atoms with Crippen molar-refractivity contribution in [3.8, 4) is 22.8 Å². The van der Waals surface area contributed by atoms with Crippen LogP contribution in [0.15, 0.2) is 35.0 Å². The first-order chi connectivity index (χ1) is 13.2. The lowest BCUT2D eigenvalue weighted by Crippen LogP contribution is -2.28. The summed E-state index contributed by atoms with van der Waals surface area (Å²) in [5.41, 5.74) is -0.128. The smallest absolute Gasteiger partial charge is 0.505 e. The number of ether oxygens (including phenoxy) is 1. The molecule has 0 radical (unpaired) electrons. The molecule has 0 saturated heterocycles. The van der Waals surface area contributed by atoms with Gasteiger partial charge in [-0.3, -0.25) is 9.78 Å². The molecule has 3 rings (SSSR count). The standard InChI is InChI=1S/C16H10F3N3O6/c17-16(18,19)27-8-3-1-7(2-4-8)11-10-9(24)5-20-12(14(10)28-22-11)13(15(25)26)21-6-23/h1-6,13,24H,(H,21,23)(H,25,26)/t13-/m0/s1. The number of carboxylic acid groups (broad SMARTS) is 1. The molecule has 0 spiro atoms. The highest BCUT2D eigenvalue weighted by molar-refractivity contribution is 5.98. The minimum atomic E-state index is -4.85. The molecule has 0 bridgehead atoms. The molecule has 146 valence electrons. The number of hydrogen-bond acceptors (Lipinski definition) is 7. The predicted octanol–water partition coefficient (Wildman–Crippen LogP) is 2.37. The number of nitrogens with one attached hydrogen (secondary N) is 1. The highest BCUT2D eigenvalue weighted by Crippen LogP contribution is 2.37. The first-order valence-electron chi connectivity index (χ1n) is 7.47. The van der Waals surface area contributed by atoms with Crippen LogP contribution in [0, 0.1) is 0 Å². The van der Waals surface area contributed by atoms with Crippen molar-refractivity contribution in [2.75, 3.05) is 0 Å². The third-order valence-electron chi connectivity index (χ3n) is 3.62. The number of carbonyl (C=O) groups excluding carboxylic acids is 1. The van der Waals surface area contributed by atoms with E-state index in [9.17, 15) is 33.0 Å². The number of fused-ring (bicyclic) bond motifs is 1. The summed E-state index contributed by atoms with van der Waals surface area (Å²) < 4.78 is 45.6. The second-order valence-corrected chi connectivity index (χ2v) is 5.39. The first-order valence-corrected chi connectivity index (χ1v) is 7.47. The number of carboxylic acids is 1. The van der Waals surface area contributed by atoms with Gasteiger partial charge >= 0.3 is 12.3 Å². The Morgan fingerprint density at radius 2 is 1.96 bits per heavy atom. The lowest BCUT2D eigenvalue weighted by Gasteiger charge is -2.11. The molecule has 1 amide bonds. The van der Waals surface area contributed by atoms with Crippen LogP contribution in [0.1, 0.15) is 11.7 Å². The van der Waals surface area contributed by atoms with Crippen LogP contribution >= 0.6 is 0 Å². The normalized spacial score (nSPS) is 12.5. The molecule has 0 aliphatic rings. The molecule has 2 aromatic heterocycles. The van der Waals surface area contributed by atoms with Crippen molar-refractivity contribution in [2.24, 2.45) is 0 Å². The van der Waals surface area contributed by atoms with Gasteiger partial charge in [0.25, 0.3) is 0 Å². The fourth-order valence-electron chi connectivity index (χ4n) is 2.51. The number of nitrogens with zero attached hydrogens (tertiary/aromatic N) is 2. The van der Waals surface area contributed by atoms with E-state index in [1.165, 1.54) is 12.1 Å². The van der Waals surface area contributed by atoms with Crippen LogP contribution < -0.4 is 10.1 Å². The molecule has 28 heavy (non-hydrogen) atoms. The number of carbonyl (C=O) groups is 2. The van der Waals surface area contributed by atoms with Gasteiger partial charge in [0.2, 0.25) is 6.41 Å². The number of aromatic hydroxyl groups is 1. The van der Waals surface area contributed by atoms with Gasteiger partial charge in [0, 0.05) is 5.56 Å². The molecule has 0 aliphatic heterocycles. The number of pyridine rings is 1. The molecule has 2 heterocycles. The van der Waals surface area contributed by atoms with E-state index in [-0.39, 0.29) is 34.3 Å². The lowest BCUT2D eigenvalue weighted by molar-refractivity contribution is -0.274. The van der Waals surface area contributed by atoms with Gasteiger partial charge in [0.05, 0.1) is 11.6 Å². The summed E-state index contributed by atoms with van der Waals surface area (Å²) in [5.74, 6) is -2.30. The van der Waals surface area contributed by atoms with Crippen molar-refractivity contribution in [1.29, 1.82) is 0 Å². The quantitative estimate of drug-likeness (QED) is 0.540. The van der Waals surface area contributed by atoms with Gasteiger partial charge in [-0.25, -0.2) is 4.79 Å². The number of aromatic nitrogens is 2. The highest BCUT2D eigenvalue weighted by Gasteiger charge is 2.31. The molecule has 3 aromatic rings. The third kappa shape index (κ3) is 3.65.